The van der Waals surface area contributed by atoms with Crippen molar-refractivity contribution in [1.29, 1.82) is 0 Å². The Kier molecular flexibility index (Phi) is 3.12. The Labute approximate surface area is 126 Å². The summed E-state index contributed by atoms with van der Waals surface area (Å²) in [6.07, 6.45) is 2.02. The molecule has 1 unspecified atom stereocenters. The van der Waals surface area contributed by atoms with Crippen LogP contribution in [-0.4, -0.2) is 23.9 Å². The molecule has 4 nitrogen and oxygen atoms in total. The molecule has 106 valence electrons. The molecule has 0 aromatic heterocycles. The van der Waals surface area contributed by atoms with Gasteiger partial charge >= 0.3 is 0 Å². The molecule has 1 aliphatic heterocycles. The van der Waals surface area contributed by atoms with Gasteiger partial charge in [-0.25, -0.2) is 0 Å². The van der Waals surface area contributed by atoms with Crippen LogP contribution >= 0.6 is 15.9 Å². The molecule has 2 fully saturated rings. The highest BCUT2D eigenvalue weighted by Crippen LogP contribution is 2.42. The predicted octanol–water partition coefficient (Wildman–Crippen LogP) is 2.39. The monoisotopic (exact) mass is 336 g/mol. The molecular formula is C15H17BrN2O2. The molecule has 1 aliphatic carbocycles. The molecule has 1 aromatic rings. The van der Waals surface area contributed by atoms with Crippen molar-refractivity contribution in [3.05, 3.63) is 28.2 Å². The molecule has 1 N–H and O–H groups in total. The van der Waals surface area contributed by atoms with E-state index in [-0.39, 0.29) is 24.3 Å². The van der Waals surface area contributed by atoms with Gasteiger partial charge in [0.05, 0.1) is 0 Å². The molecule has 0 radical (unpaired) electrons. The van der Waals surface area contributed by atoms with Crippen molar-refractivity contribution >= 4 is 33.4 Å². The first-order valence-electron chi connectivity index (χ1n) is 6.81. The Morgan fingerprint density at radius 3 is 2.65 bits per heavy atom. The van der Waals surface area contributed by atoms with Gasteiger partial charge < -0.3 is 10.2 Å². The third-order valence-corrected chi connectivity index (χ3v) is 4.73. The molecule has 0 bridgehead atoms. The fraction of sp³-hybridized carbons (Fsp3) is 0.467. The summed E-state index contributed by atoms with van der Waals surface area (Å²) < 4.78 is 0.970. The van der Waals surface area contributed by atoms with Crippen molar-refractivity contribution < 1.29 is 9.59 Å². The minimum absolute atomic E-state index is 0.00465. The van der Waals surface area contributed by atoms with Crippen LogP contribution in [0.3, 0.4) is 0 Å². The summed E-state index contributed by atoms with van der Waals surface area (Å²) in [6, 6.07) is 5.75. The maximum absolute atomic E-state index is 12.8. The number of hydrogen-bond donors (Lipinski definition) is 1. The maximum Gasteiger partial charge on any atom is 0.253 e. The van der Waals surface area contributed by atoms with Gasteiger partial charge in [-0.05, 0) is 56.4 Å². The number of carbonyl (C=O) groups excluding carboxylic acids is 2. The van der Waals surface area contributed by atoms with E-state index < -0.39 is 5.54 Å². The zero-order valence-electron chi connectivity index (χ0n) is 11.6. The molecule has 20 heavy (non-hydrogen) atoms. The summed E-state index contributed by atoms with van der Waals surface area (Å²) in [6.45, 7) is 3.91. The lowest BCUT2D eigenvalue weighted by Gasteiger charge is -2.40. The fourth-order valence-corrected chi connectivity index (χ4v) is 3.41. The van der Waals surface area contributed by atoms with E-state index in [1.54, 1.807) is 4.90 Å². The van der Waals surface area contributed by atoms with E-state index >= 15 is 0 Å². The minimum Gasteiger partial charge on any atom is -0.340 e. The average Bonchev–Trinajstić information content (AvgIpc) is 3.18. The van der Waals surface area contributed by atoms with Crippen LogP contribution in [0, 0.1) is 12.8 Å². The number of amides is 2. The van der Waals surface area contributed by atoms with Crippen LogP contribution in [0.15, 0.2) is 22.7 Å². The summed E-state index contributed by atoms with van der Waals surface area (Å²) in [5, 5.41) is 2.90. The van der Waals surface area contributed by atoms with E-state index in [4.69, 9.17) is 0 Å². The van der Waals surface area contributed by atoms with Gasteiger partial charge in [0.1, 0.15) is 12.1 Å². The first-order chi connectivity index (χ1) is 9.41. The average molecular weight is 337 g/mol. The van der Waals surface area contributed by atoms with Gasteiger partial charge in [-0.3, -0.25) is 9.59 Å². The number of anilines is 1. The van der Waals surface area contributed by atoms with E-state index in [1.807, 2.05) is 32.0 Å². The number of aryl methyl sites for hydroxylation is 1. The Bertz CT molecular complexity index is 598. The lowest BCUT2D eigenvalue weighted by atomic mass is 9.91. The van der Waals surface area contributed by atoms with E-state index in [0.29, 0.717) is 0 Å². The molecule has 1 saturated carbocycles. The summed E-state index contributed by atoms with van der Waals surface area (Å²) in [7, 11) is 0. The molecule has 1 heterocycles. The number of hydrogen-bond acceptors (Lipinski definition) is 2. The maximum atomic E-state index is 12.8. The molecule has 1 aromatic carbocycles. The van der Waals surface area contributed by atoms with Crippen LogP contribution in [0.2, 0.25) is 0 Å². The second kappa shape index (κ2) is 4.58. The van der Waals surface area contributed by atoms with Crippen LogP contribution < -0.4 is 10.2 Å². The van der Waals surface area contributed by atoms with Crippen LogP contribution in [0.4, 0.5) is 5.69 Å². The number of piperazine rings is 1. The first kappa shape index (κ1) is 13.6. The van der Waals surface area contributed by atoms with Gasteiger partial charge in [0.15, 0.2) is 0 Å². The van der Waals surface area contributed by atoms with E-state index in [2.05, 4.69) is 21.2 Å². The second-order valence-electron chi connectivity index (χ2n) is 5.85. The Morgan fingerprint density at radius 1 is 1.35 bits per heavy atom. The lowest BCUT2D eigenvalue weighted by Crippen LogP contribution is -2.66. The topological polar surface area (TPSA) is 49.4 Å². The third-order valence-electron chi connectivity index (χ3n) is 4.23. The van der Waals surface area contributed by atoms with E-state index in [0.717, 1.165) is 28.6 Å². The Hall–Kier alpha value is -1.36. The van der Waals surface area contributed by atoms with E-state index in [1.165, 1.54) is 0 Å². The van der Waals surface area contributed by atoms with Crippen molar-refractivity contribution in [1.82, 2.24) is 5.32 Å². The van der Waals surface area contributed by atoms with Crippen LogP contribution in [0.1, 0.15) is 25.3 Å². The number of halogens is 1. The highest BCUT2D eigenvalue weighted by Gasteiger charge is 2.52. The minimum atomic E-state index is -0.741. The quantitative estimate of drug-likeness (QED) is 0.901. The third kappa shape index (κ3) is 2.14. The Balaban J connectivity index is 1.99. The van der Waals surface area contributed by atoms with Crippen LogP contribution in [0.25, 0.3) is 0 Å². The van der Waals surface area contributed by atoms with Crippen molar-refractivity contribution in [2.24, 2.45) is 5.92 Å². The Morgan fingerprint density at radius 2 is 2.05 bits per heavy atom. The summed E-state index contributed by atoms with van der Waals surface area (Å²) in [5.74, 6) is 0.198. The largest absolute Gasteiger partial charge is 0.340 e. The number of rotatable bonds is 2. The van der Waals surface area contributed by atoms with E-state index in [9.17, 15) is 9.59 Å². The second-order valence-corrected chi connectivity index (χ2v) is 6.76. The van der Waals surface area contributed by atoms with Crippen molar-refractivity contribution in [2.45, 2.75) is 32.2 Å². The van der Waals surface area contributed by atoms with Gasteiger partial charge in [0, 0.05) is 10.2 Å². The van der Waals surface area contributed by atoms with Gasteiger partial charge in [-0.2, -0.15) is 0 Å². The highest BCUT2D eigenvalue weighted by atomic mass is 79.9. The number of carbonyl (C=O) groups is 2. The van der Waals surface area contributed by atoms with Gasteiger partial charge in [-0.15, -0.1) is 0 Å². The molecule has 3 rings (SSSR count). The standard InChI is InChI=1S/C15H17BrN2O2/c1-9-7-11(16)5-6-12(9)18-8-13(19)17-15(2,14(18)20)10-3-4-10/h5-7,10H,3-4,8H2,1-2H3,(H,17,19). The molecule has 2 aliphatic rings. The summed E-state index contributed by atoms with van der Waals surface area (Å²) in [4.78, 5) is 26.4. The SMILES string of the molecule is Cc1cc(Br)ccc1N1CC(=O)NC(C)(C2CC2)C1=O. The molecule has 5 heteroatoms. The van der Waals surface area contributed by atoms with Crippen molar-refractivity contribution in [3.63, 3.8) is 0 Å². The van der Waals surface area contributed by atoms with Crippen molar-refractivity contribution in [3.8, 4) is 0 Å². The van der Waals surface area contributed by atoms with Crippen LogP contribution in [-0.2, 0) is 9.59 Å². The van der Waals surface area contributed by atoms with Crippen LogP contribution in [0.5, 0.6) is 0 Å². The molecular weight excluding hydrogens is 320 g/mol. The summed E-state index contributed by atoms with van der Waals surface area (Å²) >= 11 is 3.42. The predicted molar refractivity (Wildman–Crippen MR) is 80.5 cm³/mol. The lowest BCUT2D eigenvalue weighted by molar-refractivity contribution is -0.136. The molecule has 1 saturated heterocycles. The molecule has 0 spiro atoms. The van der Waals surface area contributed by atoms with Crippen molar-refractivity contribution in [2.75, 3.05) is 11.4 Å². The highest BCUT2D eigenvalue weighted by molar-refractivity contribution is 9.10. The number of nitrogens with zero attached hydrogens (tertiary/aromatic N) is 1. The number of benzene rings is 1. The normalized spacial score (nSPS) is 26.6. The van der Waals surface area contributed by atoms with Gasteiger partial charge in [0.2, 0.25) is 5.91 Å². The molecule has 1 atom stereocenters. The zero-order valence-corrected chi connectivity index (χ0v) is 13.2. The fourth-order valence-electron chi connectivity index (χ4n) is 2.93. The van der Waals surface area contributed by atoms with Gasteiger partial charge in [0.25, 0.3) is 5.91 Å². The molecule has 2 amide bonds. The smallest absolute Gasteiger partial charge is 0.253 e. The first-order valence-corrected chi connectivity index (χ1v) is 7.60. The number of nitrogens with one attached hydrogen (secondary N) is 1. The van der Waals surface area contributed by atoms with Gasteiger partial charge in [-0.1, -0.05) is 15.9 Å². The zero-order chi connectivity index (χ0) is 14.5. The summed E-state index contributed by atoms with van der Waals surface area (Å²) in [5.41, 5.74) is 1.06.